The van der Waals surface area contributed by atoms with Gasteiger partial charge in [0.05, 0.1) is 10.9 Å². The largest absolute Gasteiger partial charge is 0.365 e. The normalized spacial score (nSPS) is 10.3. The standard InChI is InChI=1S/C9H7NO2/c1-2-10-8-6-4-3-5-7(8)9(11)12-10/h2-6H,1H2. The summed E-state index contributed by atoms with van der Waals surface area (Å²) < 4.78 is 6.22. The zero-order valence-corrected chi connectivity index (χ0v) is 6.36. The van der Waals surface area contributed by atoms with Crippen LogP contribution in [-0.2, 0) is 0 Å². The second kappa shape index (κ2) is 2.37. The minimum atomic E-state index is -0.328. The van der Waals surface area contributed by atoms with E-state index < -0.39 is 0 Å². The van der Waals surface area contributed by atoms with Crippen LogP contribution in [0.2, 0.25) is 0 Å². The third kappa shape index (κ3) is 0.797. The first-order chi connectivity index (χ1) is 5.83. The van der Waals surface area contributed by atoms with Gasteiger partial charge in [0.1, 0.15) is 0 Å². The van der Waals surface area contributed by atoms with E-state index in [0.29, 0.717) is 5.39 Å². The monoisotopic (exact) mass is 161 g/mol. The predicted octanol–water partition coefficient (Wildman–Crippen LogP) is 1.69. The molecule has 0 saturated carbocycles. The summed E-state index contributed by atoms with van der Waals surface area (Å²) in [6, 6.07) is 7.17. The van der Waals surface area contributed by atoms with E-state index >= 15 is 0 Å². The van der Waals surface area contributed by atoms with Crippen molar-refractivity contribution in [1.29, 1.82) is 0 Å². The highest BCUT2D eigenvalue weighted by molar-refractivity contribution is 5.78. The van der Waals surface area contributed by atoms with Crippen molar-refractivity contribution in [3.05, 3.63) is 41.3 Å². The number of hydrogen-bond acceptors (Lipinski definition) is 2. The number of para-hydroxylation sites is 1. The summed E-state index contributed by atoms with van der Waals surface area (Å²) in [4.78, 5) is 11.1. The van der Waals surface area contributed by atoms with Crippen molar-refractivity contribution >= 4 is 17.1 Å². The van der Waals surface area contributed by atoms with Gasteiger partial charge in [-0.25, -0.2) is 4.79 Å². The molecule has 1 heterocycles. The van der Waals surface area contributed by atoms with Gasteiger partial charge < -0.3 is 4.52 Å². The summed E-state index contributed by atoms with van der Waals surface area (Å²) in [6.45, 7) is 3.52. The second-order valence-electron chi connectivity index (χ2n) is 2.40. The minimum Gasteiger partial charge on any atom is -0.331 e. The number of aromatic nitrogens is 1. The van der Waals surface area contributed by atoms with E-state index in [1.807, 2.05) is 12.1 Å². The molecular weight excluding hydrogens is 154 g/mol. The maximum atomic E-state index is 11.1. The Kier molecular flexibility index (Phi) is 1.37. The second-order valence-corrected chi connectivity index (χ2v) is 2.40. The smallest absolute Gasteiger partial charge is 0.331 e. The number of fused-ring (bicyclic) bond motifs is 1. The average Bonchev–Trinajstić information content (AvgIpc) is 2.44. The van der Waals surface area contributed by atoms with Crippen LogP contribution in [-0.4, -0.2) is 4.74 Å². The Morgan fingerprint density at radius 3 is 2.92 bits per heavy atom. The highest BCUT2D eigenvalue weighted by atomic mass is 16.5. The SMILES string of the molecule is C=Cn1oc(=O)c2ccccc21. The van der Waals surface area contributed by atoms with Gasteiger partial charge in [0.2, 0.25) is 0 Å². The van der Waals surface area contributed by atoms with Crippen molar-refractivity contribution in [3.63, 3.8) is 0 Å². The predicted molar refractivity (Wildman–Crippen MR) is 46.9 cm³/mol. The molecule has 0 saturated heterocycles. The van der Waals surface area contributed by atoms with Crippen LogP contribution in [0.25, 0.3) is 17.1 Å². The van der Waals surface area contributed by atoms with Crippen LogP contribution in [0, 0.1) is 0 Å². The number of benzene rings is 1. The van der Waals surface area contributed by atoms with Gasteiger partial charge in [-0.2, -0.15) is 4.74 Å². The summed E-state index contributed by atoms with van der Waals surface area (Å²) >= 11 is 0. The van der Waals surface area contributed by atoms with Crippen LogP contribution in [0.4, 0.5) is 0 Å². The van der Waals surface area contributed by atoms with E-state index in [0.717, 1.165) is 5.52 Å². The van der Waals surface area contributed by atoms with Gasteiger partial charge in [0.15, 0.2) is 0 Å². The maximum Gasteiger partial charge on any atom is 0.365 e. The fourth-order valence-corrected chi connectivity index (χ4v) is 1.16. The third-order valence-electron chi connectivity index (χ3n) is 1.71. The Hall–Kier alpha value is -1.77. The van der Waals surface area contributed by atoms with Crippen molar-refractivity contribution in [2.45, 2.75) is 0 Å². The Bertz CT molecular complexity index is 478. The number of hydrogen-bond donors (Lipinski definition) is 0. The summed E-state index contributed by atoms with van der Waals surface area (Å²) in [5.74, 6) is 0. The fourth-order valence-electron chi connectivity index (χ4n) is 1.16. The molecule has 60 valence electrons. The molecule has 3 heteroatoms. The van der Waals surface area contributed by atoms with E-state index in [4.69, 9.17) is 4.52 Å². The molecule has 0 unspecified atom stereocenters. The topological polar surface area (TPSA) is 35.1 Å². The van der Waals surface area contributed by atoms with Crippen molar-refractivity contribution in [2.75, 3.05) is 0 Å². The Morgan fingerprint density at radius 1 is 1.42 bits per heavy atom. The lowest BCUT2D eigenvalue weighted by Gasteiger charge is -1.89. The number of nitrogens with zero attached hydrogens (tertiary/aromatic N) is 1. The molecule has 12 heavy (non-hydrogen) atoms. The highest BCUT2D eigenvalue weighted by Gasteiger charge is 2.03. The van der Waals surface area contributed by atoms with Gasteiger partial charge in [-0.05, 0) is 12.1 Å². The highest BCUT2D eigenvalue weighted by Crippen LogP contribution is 2.09. The molecule has 0 amide bonds. The van der Waals surface area contributed by atoms with E-state index in [1.165, 1.54) is 10.9 Å². The van der Waals surface area contributed by atoms with Gasteiger partial charge >= 0.3 is 5.63 Å². The average molecular weight is 161 g/mol. The number of rotatable bonds is 1. The van der Waals surface area contributed by atoms with Gasteiger partial charge in [0.25, 0.3) is 0 Å². The third-order valence-corrected chi connectivity index (χ3v) is 1.71. The van der Waals surface area contributed by atoms with Crippen LogP contribution in [0.15, 0.2) is 40.2 Å². The molecule has 0 radical (unpaired) electrons. The molecule has 0 N–H and O–H groups in total. The van der Waals surface area contributed by atoms with Crippen molar-refractivity contribution in [3.8, 4) is 0 Å². The molecule has 0 aliphatic rings. The molecule has 0 aliphatic carbocycles. The Balaban J connectivity index is 3.00. The summed E-state index contributed by atoms with van der Waals surface area (Å²) in [6.07, 6.45) is 1.46. The molecule has 1 aromatic heterocycles. The lowest BCUT2D eigenvalue weighted by atomic mass is 10.2. The van der Waals surface area contributed by atoms with Crippen LogP contribution >= 0.6 is 0 Å². The first-order valence-corrected chi connectivity index (χ1v) is 3.56. The summed E-state index contributed by atoms with van der Waals surface area (Å²) in [5, 5.41) is 0.581. The summed E-state index contributed by atoms with van der Waals surface area (Å²) in [7, 11) is 0. The van der Waals surface area contributed by atoms with Crippen LogP contribution in [0.1, 0.15) is 0 Å². The van der Waals surface area contributed by atoms with Crippen molar-refractivity contribution in [2.24, 2.45) is 0 Å². The van der Waals surface area contributed by atoms with Gasteiger partial charge in [-0.1, -0.05) is 18.7 Å². The van der Waals surface area contributed by atoms with E-state index in [2.05, 4.69) is 6.58 Å². The Morgan fingerprint density at radius 2 is 2.17 bits per heavy atom. The quantitative estimate of drug-likeness (QED) is 0.638. The van der Waals surface area contributed by atoms with Gasteiger partial charge in [-0.3, -0.25) is 0 Å². The molecule has 0 fully saturated rings. The van der Waals surface area contributed by atoms with E-state index in [-0.39, 0.29) is 5.63 Å². The van der Waals surface area contributed by atoms with Gasteiger partial charge in [0, 0.05) is 6.20 Å². The molecule has 1 aromatic carbocycles. The molecular formula is C9H7NO2. The first-order valence-electron chi connectivity index (χ1n) is 3.56. The molecule has 0 atom stereocenters. The lowest BCUT2D eigenvalue weighted by Crippen LogP contribution is -1.90. The molecule has 3 nitrogen and oxygen atoms in total. The van der Waals surface area contributed by atoms with E-state index in [9.17, 15) is 4.79 Å². The van der Waals surface area contributed by atoms with Crippen LogP contribution in [0.5, 0.6) is 0 Å². The first kappa shape index (κ1) is 6.91. The van der Waals surface area contributed by atoms with Gasteiger partial charge in [-0.15, -0.1) is 0 Å². The van der Waals surface area contributed by atoms with Crippen molar-refractivity contribution < 1.29 is 4.52 Å². The lowest BCUT2D eigenvalue weighted by molar-refractivity contribution is 0.347. The molecule has 2 aromatic rings. The van der Waals surface area contributed by atoms with Crippen molar-refractivity contribution in [1.82, 2.24) is 4.74 Å². The zero-order chi connectivity index (χ0) is 8.55. The van der Waals surface area contributed by atoms with E-state index in [1.54, 1.807) is 12.1 Å². The molecule has 0 aliphatic heterocycles. The van der Waals surface area contributed by atoms with Crippen LogP contribution in [0.3, 0.4) is 0 Å². The molecule has 0 spiro atoms. The summed E-state index contributed by atoms with van der Waals surface area (Å²) in [5.41, 5.74) is 0.419. The molecule has 2 rings (SSSR count). The maximum absolute atomic E-state index is 11.1. The Labute approximate surface area is 68.5 Å². The zero-order valence-electron chi connectivity index (χ0n) is 6.36. The fraction of sp³-hybridized carbons (Fsp3) is 0. The van der Waals surface area contributed by atoms with Crippen LogP contribution < -0.4 is 5.63 Å². The molecule has 0 bridgehead atoms. The minimum absolute atomic E-state index is 0.328.